The van der Waals surface area contributed by atoms with E-state index in [0.29, 0.717) is 5.69 Å². The molecule has 0 saturated carbocycles. The number of nitrogens with one attached hydrogen (secondary N) is 2. The van der Waals surface area contributed by atoms with E-state index in [1.807, 2.05) is 61.5 Å². The molecule has 2 aromatic carbocycles. The van der Waals surface area contributed by atoms with E-state index < -0.39 is 24.0 Å². The molecule has 34 heavy (non-hydrogen) atoms. The third-order valence-electron chi connectivity index (χ3n) is 5.14. The van der Waals surface area contributed by atoms with E-state index in [1.165, 1.54) is 18.3 Å². The highest BCUT2D eigenvalue weighted by Gasteiger charge is 2.29. The molecule has 1 unspecified atom stereocenters. The molecule has 0 radical (unpaired) electrons. The van der Waals surface area contributed by atoms with Crippen molar-refractivity contribution in [3.8, 4) is 0 Å². The molecule has 1 heterocycles. The number of carbonyl (C=O) groups is 3. The van der Waals surface area contributed by atoms with E-state index in [9.17, 15) is 14.4 Å². The fourth-order valence-electron chi connectivity index (χ4n) is 3.29. The molecule has 9 nitrogen and oxygen atoms in total. The summed E-state index contributed by atoms with van der Waals surface area (Å²) in [5, 5.41) is 2.64. The third-order valence-corrected chi connectivity index (χ3v) is 5.14. The summed E-state index contributed by atoms with van der Waals surface area (Å²) in [6.45, 7) is 1.94. The van der Waals surface area contributed by atoms with Gasteiger partial charge in [-0.1, -0.05) is 60.2 Å². The van der Waals surface area contributed by atoms with Crippen molar-refractivity contribution >= 4 is 18.0 Å². The molecule has 1 aromatic heterocycles. The van der Waals surface area contributed by atoms with Crippen molar-refractivity contribution in [2.45, 2.75) is 32.5 Å². The minimum Gasteiger partial charge on any atom is -0.468 e. The number of carbonyl (C=O) groups excluding carboxylic acids is 3. The van der Waals surface area contributed by atoms with Gasteiger partial charge in [-0.25, -0.2) is 9.78 Å². The van der Waals surface area contributed by atoms with Crippen molar-refractivity contribution in [2.24, 2.45) is 0 Å². The van der Waals surface area contributed by atoms with E-state index in [4.69, 9.17) is 9.47 Å². The van der Waals surface area contributed by atoms with Gasteiger partial charge in [0.05, 0.1) is 13.4 Å². The van der Waals surface area contributed by atoms with Crippen LogP contribution in [0, 0.1) is 6.92 Å². The summed E-state index contributed by atoms with van der Waals surface area (Å²) in [7, 11) is 1.26. The second-order valence-electron chi connectivity index (χ2n) is 7.80. The number of ether oxygens (including phenoxy) is 2. The van der Waals surface area contributed by atoms with Crippen molar-refractivity contribution in [3.63, 3.8) is 0 Å². The Labute approximate surface area is 198 Å². The molecule has 2 N–H and O–H groups in total. The van der Waals surface area contributed by atoms with Crippen LogP contribution < -0.4 is 5.32 Å². The number of amides is 2. The van der Waals surface area contributed by atoms with Gasteiger partial charge in [0.15, 0.2) is 0 Å². The van der Waals surface area contributed by atoms with Crippen molar-refractivity contribution in [1.82, 2.24) is 20.2 Å². The average Bonchev–Trinajstić information content (AvgIpc) is 3.36. The number of imidazole rings is 1. The normalized spacial score (nSPS) is 11.4. The van der Waals surface area contributed by atoms with Crippen LogP contribution in [0.25, 0.3) is 0 Å². The lowest BCUT2D eigenvalue weighted by molar-refractivity contribution is -0.148. The van der Waals surface area contributed by atoms with Gasteiger partial charge in [0, 0.05) is 24.9 Å². The predicted octanol–water partition coefficient (Wildman–Crippen LogP) is 2.76. The van der Waals surface area contributed by atoms with Crippen LogP contribution in [0.5, 0.6) is 0 Å². The van der Waals surface area contributed by atoms with E-state index in [0.717, 1.165) is 16.7 Å². The van der Waals surface area contributed by atoms with Crippen molar-refractivity contribution in [2.75, 3.05) is 13.7 Å². The fraction of sp³-hybridized carbons (Fsp3) is 0.280. The van der Waals surface area contributed by atoms with Crippen molar-refractivity contribution in [1.29, 1.82) is 0 Å². The van der Waals surface area contributed by atoms with E-state index in [2.05, 4.69) is 15.3 Å². The van der Waals surface area contributed by atoms with Gasteiger partial charge in [-0.15, -0.1) is 0 Å². The van der Waals surface area contributed by atoms with Crippen LogP contribution in [-0.2, 0) is 38.6 Å². The topological polar surface area (TPSA) is 114 Å². The molecule has 0 bridgehead atoms. The predicted molar refractivity (Wildman–Crippen MR) is 124 cm³/mol. The van der Waals surface area contributed by atoms with Crippen LogP contribution in [0.3, 0.4) is 0 Å². The SMILES string of the molecule is COC(=O)CN(Cc1ccc(C)cc1)C(=O)C(Cc1cnc[nH]1)NC(=O)OCc1ccccc1. The summed E-state index contributed by atoms with van der Waals surface area (Å²) in [5.41, 5.74) is 3.39. The number of aromatic nitrogens is 2. The van der Waals surface area contributed by atoms with Gasteiger partial charge in [0.1, 0.15) is 19.2 Å². The number of hydrogen-bond donors (Lipinski definition) is 2. The van der Waals surface area contributed by atoms with Crippen LogP contribution in [0.1, 0.15) is 22.4 Å². The highest BCUT2D eigenvalue weighted by molar-refractivity contribution is 5.88. The lowest BCUT2D eigenvalue weighted by Crippen LogP contribution is -2.51. The number of methoxy groups -OCH3 is 1. The largest absolute Gasteiger partial charge is 0.468 e. The molecule has 0 aliphatic heterocycles. The maximum atomic E-state index is 13.5. The molecule has 2 amide bonds. The molecular weight excluding hydrogens is 436 g/mol. The summed E-state index contributed by atoms with van der Waals surface area (Å²) >= 11 is 0. The molecule has 1 atom stereocenters. The quantitative estimate of drug-likeness (QED) is 0.446. The number of nitrogens with zero attached hydrogens (tertiary/aromatic N) is 2. The lowest BCUT2D eigenvalue weighted by atomic mass is 10.1. The maximum Gasteiger partial charge on any atom is 0.408 e. The van der Waals surface area contributed by atoms with E-state index in [-0.39, 0.29) is 26.1 Å². The monoisotopic (exact) mass is 464 g/mol. The molecule has 3 aromatic rings. The highest BCUT2D eigenvalue weighted by Crippen LogP contribution is 2.11. The first-order valence-corrected chi connectivity index (χ1v) is 10.8. The summed E-state index contributed by atoms with van der Waals surface area (Å²) < 4.78 is 10.1. The molecular formula is C25H28N4O5. The number of aryl methyl sites for hydroxylation is 1. The maximum absolute atomic E-state index is 13.5. The molecule has 178 valence electrons. The standard InChI is InChI=1S/C25H28N4O5/c1-18-8-10-19(11-9-18)14-29(15-23(30)33-2)24(31)22(12-21-13-26-17-27-21)28-25(32)34-16-20-6-4-3-5-7-20/h3-11,13,17,22H,12,14-16H2,1-2H3,(H,26,27)(H,28,32). The number of hydrogen-bond acceptors (Lipinski definition) is 6. The highest BCUT2D eigenvalue weighted by atomic mass is 16.5. The first-order chi connectivity index (χ1) is 16.4. The number of H-pyrrole nitrogens is 1. The molecule has 3 rings (SSSR count). The van der Waals surface area contributed by atoms with Gasteiger partial charge in [-0.05, 0) is 18.1 Å². The smallest absolute Gasteiger partial charge is 0.408 e. The van der Waals surface area contributed by atoms with E-state index >= 15 is 0 Å². The van der Waals surface area contributed by atoms with Crippen LogP contribution in [0.2, 0.25) is 0 Å². The summed E-state index contributed by atoms with van der Waals surface area (Å²) in [6, 6.07) is 15.9. The zero-order valence-electron chi connectivity index (χ0n) is 19.2. The molecule has 0 saturated heterocycles. The van der Waals surface area contributed by atoms with Gasteiger partial charge in [0.2, 0.25) is 5.91 Å². The van der Waals surface area contributed by atoms with Gasteiger partial charge < -0.3 is 24.7 Å². The minimum absolute atomic E-state index is 0.0624. The zero-order chi connectivity index (χ0) is 24.3. The molecule has 0 spiro atoms. The Morgan fingerprint density at radius 1 is 1.06 bits per heavy atom. The van der Waals surface area contributed by atoms with Gasteiger partial charge in [-0.3, -0.25) is 9.59 Å². The second-order valence-corrected chi connectivity index (χ2v) is 7.80. The molecule has 0 aliphatic rings. The Kier molecular flexibility index (Phi) is 8.79. The Morgan fingerprint density at radius 3 is 2.44 bits per heavy atom. The Morgan fingerprint density at radius 2 is 1.79 bits per heavy atom. The number of alkyl carbamates (subject to hydrolysis) is 1. The van der Waals surface area contributed by atoms with Crippen LogP contribution in [-0.4, -0.2) is 52.5 Å². The zero-order valence-corrected chi connectivity index (χ0v) is 19.2. The van der Waals surface area contributed by atoms with Crippen LogP contribution in [0.15, 0.2) is 67.1 Å². The number of benzene rings is 2. The molecule has 0 fully saturated rings. The van der Waals surface area contributed by atoms with Gasteiger partial charge in [-0.2, -0.15) is 0 Å². The van der Waals surface area contributed by atoms with Crippen LogP contribution in [0.4, 0.5) is 4.79 Å². The Hall–Kier alpha value is -4.14. The Balaban J connectivity index is 1.75. The van der Waals surface area contributed by atoms with Gasteiger partial charge in [0.25, 0.3) is 0 Å². The molecule has 0 aliphatic carbocycles. The second kappa shape index (κ2) is 12.2. The molecule has 9 heteroatoms. The summed E-state index contributed by atoms with van der Waals surface area (Å²) in [6.07, 6.45) is 2.46. The van der Waals surface area contributed by atoms with Crippen molar-refractivity contribution in [3.05, 3.63) is 89.5 Å². The fourth-order valence-corrected chi connectivity index (χ4v) is 3.29. The van der Waals surface area contributed by atoms with Gasteiger partial charge >= 0.3 is 12.1 Å². The Bertz CT molecular complexity index is 1070. The lowest BCUT2D eigenvalue weighted by Gasteiger charge is -2.27. The third kappa shape index (κ3) is 7.47. The number of esters is 1. The minimum atomic E-state index is -0.987. The van der Waals surface area contributed by atoms with Crippen molar-refractivity contribution < 1.29 is 23.9 Å². The summed E-state index contributed by atoms with van der Waals surface area (Å²) in [5.74, 6) is -1.01. The number of rotatable bonds is 10. The van der Waals surface area contributed by atoms with E-state index in [1.54, 1.807) is 6.20 Å². The average molecular weight is 465 g/mol. The number of aromatic amines is 1. The summed E-state index contributed by atoms with van der Waals surface area (Å²) in [4.78, 5) is 46.4. The van der Waals surface area contributed by atoms with Crippen LogP contribution >= 0.6 is 0 Å². The first kappa shape index (κ1) is 24.5. The first-order valence-electron chi connectivity index (χ1n) is 10.8.